The number of hydrogen-bond acceptors (Lipinski definition) is 7. The maximum atomic E-state index is 12.2. The summed E-state index contributed by atoms with van der Waals surface area (Å²) in [5, 5.41) is 0. The van der Waals surface area contributed by atoms with Gasteiger partial charge in [-0.2, -0.15) is 0 Å². The van der Waals surface area contributed by atoms with Crippen molar-refractivity contribution >= 4 is 13.8 Å². The molecule has 9 heteroatoms. The van der Waals surface area contributed by atoms with E-state index in [-0.39, 0.29) is 19.8 Å². The lowest BCUT2D eigenvalue weighted by Crippen LogP contribution is -2.35. The van der Waals surface area contributed by atoms with Crippen molar-refractivity contribution in [3.05, 3.63) is 0 Å². The first-order chi connectivity index (χ1) is 21.6. The Bertz CT molecular complexity index is 701. The van der Waals surface area contributed by atoms with Crippen LogP contribution in [0.25, 0.3) is 0 Å². The standard InChI is InChI=1S/C36H74NO7P/c1-6-7-8-9-10-11-12-13-14-15-16-17-19-22-25-28-31-41-33-36(44-35(2)38)34-43-45(39,40)42-32-29-26-23-20-18-21-24-27-30-37(3,4)5/h36H,6-34H2,1-5H3. The molecule has 0 bridgehead atoms. The summed E-state index contributed by atoms with van der Waals surface area (Å²) in [5.41, 5.74) is 0. The van der Waals surface area contributed by atoms with Crippen LogP contribution in [-0.4, -0.2) is 70.7 Å². The molecule has 270 valence electrons. The van der Waals surface area contributed by atoms with Gasteiger partial charge in [0.05, 0.1) is 47.5 Å². The van der Waals surface area contributed by atoms with Crippen LogP contribution in [0.15, 0.2) is 0 Å². The van der Waals surface area contributed by atoms with E-state index in [0.29, 0.717) is 13.0 Å². The van der Waals surface area contributed by atoms with E-state index in [2.05, 4.69) is 28.1 Å². The van der Waals surface area contributed by atoms with E-state index >= 15 is 0 Å². The first-order valence-electron chi connectivity index (χ1n) is 18.7. The minimum atomic E-state index is -4.45. The number of nitrogens with zero attached hydrogens (tertiary/aromatic N) is 1. The lowest BCUT2D eigenvalue weighted by Gasteiger charge is -2.25. The maximum Gasteiger partial charge on any atom is 0.303 e. The van der Waals surface area contributed by atoms with Crippen molar-refractivity contribution in [3.63, 3.8) is 0 Å². The highest BCUT2D eigenvalue weighted by Gasteiger charge is 2.18. The van der Waals surface area contributed by atoms with Gasteiger partial charge in [0.15, 0.2) is 0 Å². The molecule has 0 rings (SSSR count). The van der Waals surface area contributed by atoms with Crippen LogP contribution < -0.4 is 4.89 Å². The number of rotatable bonds is 35. The number of carbonyl (C=O) groups excluding carboxylic acids is 1. The molecule has 0 aliphatic rings. The molecular weight excluding hydrogens is 589 g/mol. The van der Waals surface area contributed by atoms with Crippen LogP contribution in [0.5, 0.6) is 0 Å². The molecule has 0 amide bonds. The minimum absolute atomic E-state index is 0.105. The van der Waals surface area contributed by atoms with Crippen molar-refractivity contribution in [2.75, 3.05) is 54.1 Å². The normalized spacial score (nSPS) is 14.0. The molecule has 0 heterocycles. The van der Waals surface area contributed by atoms with E-state index in [1.54, 1.807) is 0 Å². The molecule has 8 nitrogen and oxygen atoms in total. The summed E-state index contributed by atoms with van der Waals surface area (Å²) < 4.78 is 34.1. The van der Waals surface area contributed by atoms with Crippen molar-refractivity contribution in [1.29, 1.82) is 0 Å². The highest BCUT2D eigenvalue weighted by Crippen LogP contribution is 2.38. The first-order valence-corrected chi connectivity index (χ1v) is 20.2. The second-order valence-corrected chi connectivity index (χ2v) is 15.4. The van der Waals surface area contributed by atoms with Crippen LogP contribution in [0, 0.1) is 0 Å². The topological polar surface area (TPSA) is 94.1 Å². The van der Waals surface area contributed by atoms with Gasteiger partial charge in [0.25, 0.3) is 7.82 Å². The molecule has 45 heavy (non-hydrogen) atoms. The monoisotopic (exact) mass is 664 g/mol. The lowest BCUT2D eigenvalue weighted by atomic mass is 10.0. The van der Waals surface area contributed by atoms with Gasteiger partial charge in [-0.1, -0.05) is 135 Å². The zero-order valence-corrected chi connectivity index (χ0v) is 31.2. The van der Waals surface area contributed by atoms with E-state index in [1.807, 2.05) is 0 Å². The quantitative estimate of drug-likeness (QED) is 0.0288. The summed E-state index contributed by atoms with van der Waals surface area (Å²) in [4.78, 5) is 23.6. The molecule has 0 radical (unpaired) electrons. The molecule has 0 aromatic heterocycles. The zero-order valence-electron chi connectivity index (χ0n) is 30.3. The van der Waals surface area contributed by atoms with Crippen molar-refractivity contribution in [2.24, 2.45) is 0 Å². The fourth-order valence-electron chi connectivity index (χ4n) is 5.45. The average Bonchev–Trinajstić information content (AvgIpc) is 2.97. The third-order valence-corrected chi connectivity index (χ3v) is 9.13. The molecule has 0 spiro atoms. The molecule has 0 saturated heterocycles. The molecular formula is C36H74NO7P. The van der Waals surface area contributed by atoms with E-state index in [1.165, 1.54) is 135 Å². The summed E-state index contributed by atoms with van der Waals surface area (Å²) in [6.07, 6.45) is 29.1. The smallest absolute Gasteiger partial charge is 0.303 e. The van der Waals surface area contributed by atoms with Crippen LogP contribution >= 0.6 is 7.82 Å². The molecule has 0 aliphatic carbocycles. The van der Waals surface area contributed by atoms with Crippen molar-refractivity contribution in [2.45, 2.75) is 174 Å². The third kappa shape index (κ3) is 36.2. The van der Waals surface area contributed by atoms with Crippen LogP contribution in [0.2, 0.25) is 0 Å². The van der Waals surface area contributed by atoms with Crippen LogP contribution in [0.3, 0.4) is 0 Å². The Morgan fingerprint density at radius 2 is 1.00 bits per heavy atom. The molecule has 0 N–H and O–H groups in total. The minimum Gasteiger partial charge on any atom is -0.756 e. The number of ether oxygens (including phenoxy) is 2. The van der Waals surface area contributed by atoms with Crippen LogP contribution in [0.4, 0.5) is 0 Å². The predicted octanol–water partition coefficient (Wildman–Crippen LogP) is 9.52. The molecule has 0 aliphatic heterocycles. The molecule has 0 aromatic rings. The van der Waals surface area contributed by atoms with Gasteiger partial charge in [-0.3, -0.25) is 9.36 Å². The lowest BCUT2D eigenvalue weighted by molar-refractivity contribution is -0.870. The number of carbonyl (C=O) groups is 1. The van der Waals surface area contributed by atoms with Crippen LogP contribution in [-0.2, 0) is 27.9 Å². The van der Waals surface area contributed by atoms with E-state index in [0.717, 1.165) is 30.2 Å². The Hall–Kier alpha value is -0.500. The van der Waals surface area contributed by atoms with Gasteiger partial charge < -0.3 is 27.9 Å². The largest absolute Gasteiger partial charge is 0.756 e. The number of esters is 1. The Morgan fingerprint density at radius 1 is 0.600 bits per heavy atom. The second kappa shape index (κ2) is 30.8. The van der Waals surface area contributed by atoms with Gasteiger partial charge in [-0.25, -0.2) is 0 Å². The summed E-state index contributed by atoms with van der Waals surface area (Å²) in [5.74, 6) is -0.496. The van der Waals surface area contributed by atoms with E-state index in [4.69, 9.17) is 18.5 Å². The van der Waals surface area contributed by atoms with Gasteiger partial charge in [0, 0.05) is 13.5 Å². The van der Waals surface area contributed by atoms with Gasteiger partial charge in [0.2, 0.25) is 0 Å². The molecule has 0 saturated carbocycles. The maximum absolute atomic E-state index is 12.2. The number of quaternary nitrogens is 1. The summed E-state index contributed by atoms with van der Waals surface area (Å²) in [6, 6.07) is 0. The van der Waals surface area contributed by atoms with E-state index < -0.39 is 19.9 Å². The first kappa shape index (κ1) is 44.5. The number of unbranched alkanes of at least 4 members (excludes halogenated alkanes) is 22. The Kier molecular flexibility index (Phi) is 30.5. The third-order valence-electron chi connectivity index (χ3n) is 8.17. The zero-order chi connectivity index (χ0) is 33.5. The predicted molar refractivity (Wildman–Crippen MR) is 185 cm³/mol. The molecule has 2 atom stereocenters. The van der Waals surface area contributed by atoms with Gasteiger partial charge in [0.1, 0.15) is 6.10 Å². The molecule has 2 unspecified atom stereocenters. The van der Waals surface area contributed by atoms with Crippen molar-refractivity contribution in [1.82, 2.24) is 0 Å². The second-order valence-electron chi connectivity index (χ2n) is 14.0. The fourth-order valence-corrected chi connectivity index (χ4v) is 6.23. The van der Waals surface area contributed by atoms with Gasteiger partial charge in [-0.05, 0) is 25.7 Å². The average molecular weight is 664 g/mol. The summed E-state index contributed by atoms with van der Waals surface area (Å²) in [7, 11) is 2.22. The Labute approximate surface area is 278 Å². The number of phosphoric ester groups is 1. The molecule has 0 fully saturated rings. The van der Waals surface area contributed by atoms with Gasteiger partial charge >= 0.3 is 5.97 Å². The SMILES string of the molecule is CCCCCCCCCCCCCCCCCCOCC(COP(=O)([O-])OCCCCCCCCCC[N+](C)(C)C)OC(C)=O. The number of hydrogen-bond donors (Lipinski definition) is 0. The summed E-state index contributed by atoms with van der Waals surface area (Å²) in [6.45, 7) is 5.24. The highest BCUT2D eigenvalue weighted by atomic mass is 31.2. The molecule has 0 aromatic carbocycles. The Balaban J connectivity index is 3.73. The van der Waals surface area contributed by atoms with Crippen molar-refractivity contribution in [3.8, 4) is 0 Å². The van der Waals surface area contributed by atoms with Crippen LogP contribution in [0.1, 0.15) is 168 Å². The fraction of sp³-hybridized carbons (Fsp3) is 0.972. The number of phosphoric acid groups is 1. The van der Waals surface area contributed by atoms with E-state index in [9.17, 15) is 14.3 Å². The highest BCUT2D eigenvalue weighted by molar-refractivity contribution is 7.45. The Morgan fingerprint density at radius 3 is 1.42 bits per heavy atom. The summed E-state index contributed by atoms with van der Waals surface area (Å²) >= 11 is 0. The van der Waals surface area contributed by atoms with Crippen molar-refractivity contribution < 1.29 is 37.3 Å². The van der Waals surface area contributed by atoms with Gasteiger partial charge in [-0.15, -0.1) is 0 Å².